The fraction of sp³-hybridized carbons (Fsp3) is 0.667. The molecule has 0 aromatic rings. The van der Waals surface area contributed by atoms with Crippen LogP contribution in [0.15, 0.2) is 0 Å². The average molecular weight is 153 g/mol. The molecule has 0 N–H and O–H groups in total. The maximum atomic E-state index is 4.53. The zero-order valence-corrected chi connectivity index (χ0v) is 5.36. The van der Waals surface area contributed by atoms with Crippen molar-refractivity contribution in [1.82, 2.24) is 0 Å². The normalized spacial score (nSPS) is 6.38. The summed E-state index contributed by atoms with van der Waals surface area (Å²) in [5.74, 6) is 2.80. The van der Waals surface area contributed by atoms with Crippen LogP contribution in [0.4, 0.5) is 0 Å². The van der Waals surface area contributed by atoms with Crippen LogP contribution in [0.5, 0.6) is 0 Å². The van der Waals surface area contributed by atoms with Crippen molar-refractivity contribution in [2.24, 2.45) is 0 Å². The van der Waals surface area contributed by atoms with Crippen molar-refractivity contribution in [3.63, 3.8) is 0 Å². The monoisotopic (exact) mass is 152 g/mol. The van der Waals surface area contributed by atoms with Gasteiger partial charge in [-0.25, -0.2) is 0 Å². The molecule has 0 bridgehead atoms. The van der Waals surface area contributed by atoms with E-state index in [1.54, 1.807) is 0 Å². The van der Waals surface area contributed by atoms with Crippen molar-refractivity contribution >= 4 is 18.9 Å². The third-order valence-electron chi connectivity index (χ3n) is 0.709. The molecular formula is C6H10CuLi. The topological polar surface area (TPSA) is 0 Å². The molecule has 0 atom stereocenters. The first-order valence-corrected chi connectivity index (χ1v) is 2.93. The van der Waals surface area contributed by atoms with E-state index in [0.717, 1.165) is 6.42 Å². The van der Waals surface area contributed by atoms with Crippen LogP contribution in [0, 0.1) is 10.7 Å². The number of rotatable bonds is 2. The fourth-order valence-electron chi connectivity index (χ4n) is 0.303. The minimum atomic E-state index is 0. The minimum absolute atomic E-state index is 0. The second kappa shape index (κ2) is 10.6. The van der Waals surface area contributed by atoms with Crippen molar-refractivity contribution in [1.29, 1.82) is 0 Å². The molecule has 8 heavy (non-hydrogen) atoms. The van der Waals surface area contributed by atoms with Gasteiger partial charge in [0.15, 0.2) is 0 Å². The molecule has 0 aliphatic heterocycles. The van der Waals surface area contributed by atoms with Crippen LogP contribution in [-0.4, -0.2) is 18.9 Å². The van der Waals surface area contributed by atoms with Crippen LogP contribution in [-0.2, 0) is 16.0 Å². The van der Waals surface area contributed by atoms with Gasteiger partial charge in [0.1, 0.15) is 0 Å². The second-order valence-electron chi connectivity index (χ2n) is 1.36. The van der Waals surface area contributed by atoms with E-state index in [1.165, 1.54) is 12.8 Å². The van der Waals surface area contributed by atoms with E-state index >= 15 is 0 Å². The Kier molecular flexibility index (Phi) is 15.2. The van der Waals surface area contributed by atoms with Gasteiger partial charge in [-0.05, 0) is 0 Å². The summed E-state index contributed by atoms with van der Waals surface area (Å²) >= 11 is 4.53. The van der Waals surface area contributed by atoms with Crippen molar-refractivity contribution in [3.05, 3.63) is 0 Å². The van der Waals surface area contributed by atoms with Crippen molar-refractivity contribution in [2.75, 3.05) is 0 Å². The van der Waals surface area contributed by atoms with Crippen molar-refractivity contribution < 1.29 is 16.0 Å². The number of hydrogen-bond donors (Lipinski definition) is 0. The van der Waals surface area contributed by atoms with Crippen molar-refractivity contribution in [3.8, 4) is 10.7 Å². The van der Waals surface area contributed by atoms with Crippen molar-refractivity contribution in [2.45, 2.75) is 26.2 Å². The van der Waals surface area contributed by atoms with Crippen LogP contribution < -0.4 is 0 Å². The Labute approximate surface area is 71.8 Å². The Morgan fingerprint density at radius 3 is 2.50 bits per heavy atom. The van der Waals surface area contributed by atoms with Gasteiger partial charge in [-0.1, -0.05) is 0 Å². The van der Waals surface area contributed by atoms with Crippen LogP contribution in [0.3, 0.4) is 0 Å². The quantitative estimate of drug-likeness (QED) is 0.315. The summed E-state index contributed by atoms with van der Waals surface area (Å²) in [4.78, 5) is 2.42. The number of hydrogen-bond acceptors (Lipinski definition) is 0. The molecule has 0 heterocycles. The van der Waals surface area contributed by atoms with Gasteiger partial charge in [0.2, 0.25) is 0 Å². The number of unbranched alkanes of at least 4 members (excludes halogenated alkanes) is 2. The van der Waals surface area contributed by atoms with Gasteiger partial charge in [0.25, 0.3) is 0 Å². The zero-order chi connectivity index (χ0) is 5.54. The predicted molar refractivity (Wildman–Crippen MR) is 34.4 cm³/mol. The molecule has 0 saturated heterocycles. The van der Waals surface area contributed by atoms with Gasteiger partial charge < -0.3 is 0 Å². The maximum absolute atomic E-state index is 4.53. The molecule has 2 heteroatoms. The van der Waals surface area contributed by atoms with Gasteiger partial charge in [-0.15, -0.1) is 0 Å². The molecule has 0 nitrogen and oxygen atoms in total. The molecule has 0 unspecified atom stereocenters. The van der Waals surface area contributed by atoms with E-state index in [-0.39, 0.29) is 18.9 Å². The molecule has 46 valence electrons. The van der Waals surface area contributed by atoms with E-state index in [9.17, 15) is 0 Å². The average Bonchev–Trinajstić information content (AvgIpc) is 1.69. The Bertz CT molecular complexity index is 80.3. The molecule has 0 spiro atoms. The fourth-order valence-corrected chi connectivity index (χ4v) is 0.421. The van der Waals surface area contributed by atoms with Crippen LogP contribution in [0.1, 0.15) is 26.2 Å². The first-order chi connectivity index (χ1) is 3.41. The van der Waals surface area contributed by atoms with Gasteiger partial charge >= 0.3 is 71.8 Å². The molecule has 0 aromatic heterocycles. The molecule has 0 amide bonds. The summed E-state index contributed by atoms with van der Waals surface area (Å²) in [6.45, 7) is 2.14. The van der Waals surface area contributed by atoms with E-state index in [1.807, 2.05) is 0 Å². The standard InChI is InChI=1S/C6H9.Cu.Li.H/c1-3-5-6-4-2;;;/h3,5-6H2,1H3;;;. The third-order valence-corrected chi connectivity index (χ3v) is 0.875. The second-order valence-corrected chi connectivity index (χ2v) is 1.59. The van der Waals surface area contributed by atoms with Gasteiger partial charge in [-0.2, -0.15) is 0 Å². The first kappa shape index (κ1) is 11.5. The van der Waals surface area contributed by atoms with Gasteiger partial charge in [0, 0.05) is 0 Å². The van der Waals surface area contributed by atoms with E-state index in [2.05, 4.69) is 33.7 Å². The summed E-state index contributed by atoms with van der Waals surface area (Å²) < 4.78 is 0. The molecule has 0 aromatic carbocycles. The Morgan fingerprint density at radius 2 is 2.12 bits per heavy atom. The van der Waals surface area contributed by atoms with Crippen LogP contribution >= 0.6 is 0 Å². The van der Waals surface area contributed by atoms with E-state index in [0.29, 0.717) is 0 Å². The molecular weight excluding hydrogens is 143 g/mol. The Morgan fingerprint density at radius 1 is 1.50 bits per heavy atom. The van der Waals surface area contributed by atoms with Crippen LogP contribution in [0.2, 0.25) is 0 Å². The van der Waals surface area contributed by atoms with Gasteiger partial charge in [0.05, 0.1) is 0 Å². The molecule has 0 fully saturated rings. The van der Waals surface area contributed by atoms with Crippen LogP contribution in [0.25, 0.3) is 0 Å². The third kappa shape index (κ3) is 9.84. The Hall–Kier alpha value is 0.677. The molecule has 0 rings (SSSR count). The Balaban J connectivity index is 0. The van der Waals surface area contributed by atoms with E-state index < -0.39 is 0 Å². The SMILES string of the molecule is CCCCC#[C][Cu].[LiH]. The predicted octanol–water partition coefficient (Wildman–Crippen LogP) is 1.04. The summed E-state index contributed by atoms with van der Waals surface area (Å²) in [5, 5.41) is 0. The molecule has 0 saturated carbocycles. The summed E-state index contributed by atoms with van der Waals surface area (Å²) in [6, 6.07) is 0. The molecule has 0 aliphatic rings. The first-order valence-electron chi connectivity index (χ1n) is 2.46. The van der Waals surface area contributed by atoms with E-state index in [4.69, 9.17) is 0 Å². The zero-order valence-electron chi connectivity index (χ0n) is 4.42. The molecule has 0 aliphatic carbocycles. The summed E-state index contributed by atoms with van der Waals surface area (Å²) in [5.41, 5.74) is 0. The summed E-state index contributed by atoms with van der Waals surface area (Å²) in [7, 11) is 0. The summed E-state index contributed by atoms with van der Waals surface area (Å²) in [6.07, 6.45) is 3.36. The van der Waals surface area contributed by atoms with Gasteiger partial charge in [-0.3, -0.25) is 0 Å². The molecule has 0 radical (unpaired) electrons.